The first-order chi connectivity index (χ1) is 8.14. The standard InChI is InChI=1S/C11H15N3O3/c15-9(8-5-13-14-6-8)12-7-11(10(16)17)3-1-2-4-11/h5-6H,1-4,7H2,(H,12,15)(H,13,14)(H,16,17). The summed E-state index contributed by atoms with van der Waals surface area (Å²) in [5.41, 5.74) is -0.358. The second-order valence-corrected chi connectivity index (χ2v) is 4.46. The van der Waals surface area contributed by atoms with Crippen LogP contribution in [0.4, 0.5) is 0 Å². The van der Waals surface area contributed by atoms with Crippen LogP contribution < -0.4 is 5.32 Å². The molecule has 0 aliphatic heterocycles. The maximum absolute atomic E-state index is 11.7. The van der Waals surface area contributed by atoms with E-state index in [0.29, 0.717) is 18.4 Å². The predicted molar refractivity (Wildman–Crippen MR) is 59.5 cm³/mol. The summed E-state index contributed by atoms with van der Waals surface area (Å²) < 4.78 is 0. The van der Waals surface area contributed by atoms with Crippen molar-refractivity contribution in [2.45, 2.75) is 25.7 Å². The monoisotopic (exact) mass is 237 g/mol. The lowest BCUT2D eigenvalue weighted by Gasteiger charge is -2.23. The van der Waals surface area contributed by atoms with Crippen molar-refractivity contribution >= 4 is 11.9 Å². The second kappa shape index (κ2) is 4.57. The molecular formula is C11H15N3O3. The summed E-state index contributed by atoms with van der Waals surface area (Å²) in [6.07, 6.45) is 5.98. The van der Waals surface area contributed by atoms with Gasteiger partial charge < -0.3 is 10.4 Å². The van der Waals surface area contributed by atoms with Gasteiger partial charge in [0, 0.05) is 12.7 Å². The van der Waals surface area contributed by atoms with Gasteiger partial charge in [-0.3, -0.25) is 14.7 Å². The zero-order chi connectivity index (χ0) is 12.3. The molecule has 1 aromatic rings. The Balaban J connectivity index is 1.97. The summed E-state index contributed by atoms with van der Waals surface area (Å²) in [4.78, 5) is 22.9. The fraction of sp³-hybridized carbons (Fsp3) is 0.545. The van der Waals surface area contributed by atoms with Crippen molar-refractivity contribution in [2.24, 2.45) is 5.41 Å². The van der Waals surface area contributed by atoms with E-state index in [4.69, 9.17) is 0 Å². The molecule has 1 saturated carbocycles. The minimum absolute atomic E-state index is 0.187. The Morgan fingerprint density at radius 3 is 2.71 bits per heavy atom. The number of aliphatic carboxylic acids is 1. The normalized spacial score (nSPS) is 17.9. The van der Waals surface area contributed by atoms with Gasteiger partial charge in [-0.05, 0) is 12.8 Å². The Bertz CT molecular complexity index is 408. The first-order valence-corrected chi connectivity index (χ1v) is 5.64. The van der Waals surface area contributed by atoms with Gasteiger partial charge in [0.1, 0.15) is 0 Å². The van der Waals surface area contributed by atoms with E-state index in [1.807, 2.05) is 0 Å². The molecule has 1 aliphatic carbocycles. The third-order valence-corrected chi connectivity index (χ3v) is 3.36. The Labute approximate surface area is 98.4 Å². The summed E-state index contributed by atoms with van der Waals surface area (Å²) in [5, 5.41) is 18.1. The highest BCUT2D eigenvalue weighted by molar-refractivity contribution is 5.94. The SMILES string of the molecule is O=C(NCC1(C(=O)O)CCCC1)c1cn[nH]c1. The molecule has 0 radical (unpaired) electrons. The number of H-pyrrole nitrogens is 1. The van der Waals surface area contributed by atoms with Crippen LogP contribution in [0.2, 0.25) is 0 Å². The number of nitrogens with zero attached hydrogens (tertiary/aromatic N) is 1. The van der Waals surface area contributed by atoms with Gasteiger partial charge in [0.25, 0.3) is 5.91 Å². The lowest BCUT2D eigenvalue weighted by atomic mass is 9.86. The van der Waals surface area contributed by atoms with Gasteiger partial charge in [-0.15, -0.1) is 0 Å². The van der Waals surface area contributed by atoms with Gasteiger partial charge in [-0.25, -0.2) is 0 Å². The van der Waals surface area contributed by atoms with E-state index >= 15 is 0 Å². The molecule has 92 valence electrons. The van der Waals surface area contributed by atoms with E-state index in [1.54, 1.807) is 0 Å². The highest BCUT2D eigenvalue weighted by atomic mass is 16.4. The number of carboxylic acid groups (broad SMARTS) is 1. The lowest BCUT2D eigenvalue weighted by Crippen LogP contribution is -2.41. The maximum Gasteiger partial charge on any atom is 0.311 e. The molecule has 6 nitrogen and oxygen atoms in total. The summed E-state index contributed by atoms with van der Waals surface area (Å²) in [6.45, 7) is 0.187. The van der Waals surface area contributed by atoms with Gasteiger partial charge in [-0.2, -0.15) is 5.10 Å². The van der Waals surface area contributed by atoms with Gasteiger partial charge >= 0.3 is 5.97 Å². The van der Waals surface area contributed by atoms with E-state index in [9.17, 15) is 14.7 Å². The minimum Gasteiger partial charge on any atom is -0.481 e. The highest BCUT2D eigenvalue weighted by Crippen LogP contribution is 2.37. The largest absolute Gasteiger partial charge is 0.481 e. The molecule has 0 atom stereocenters. The molecule has 1 fully saturated rings. The molecule has 0 bridgehead atoms. The van der Waals surface area contributed by atoms with Crippen molar-refractivity contribution in [1.29, 1.82) is 0 Å². The third kappa shape index (κ3) is 2.30. The van der Waals surface area contributed by atoms with Crippen LogP contribution in [0, 0.1) is 5.41 Å². The third-order valence-electron chi connectivity index (χ3n) is 3.36. The summed E-state index contributed by atoms with van der Waals surface area (Å²) in [6, 6.07) is 0. The number of nitrogens with one attached hydrogen (secondary N) is 2. The van der Waals surface area contributed by atoms with Crippen LogP contribution in [-0.2, 0) is 4.79 Å². The van der Waals surface area contributed by atoms with E-state index in [2.05, 4.69) is 15.5 Å². The molecule has 2 rings (SSSR count). The molecule has 1 aromatic heterocycles. The molecule has 17 heavy (non-hydrogen) atoms. The predicted octanol–water partition coefficient (Wildman–Crippen LogP) is 0.784. The number of aromatic nitrogens is 2. The minimum atomic E-state index is -0.817. The van der Waals surface area contributed by atoms with E-state index in [-0.39, 0.29) is 12.5 Å². The van der Waals surface area contributed by atoms with Crippen molar-refractivity contribution in [3.8, 4) is 0 Å². The Morgan fingerprint density at radius 1 is 1.47 bits per heavy atom. The summed E-state index contributed by atoms with van der Waals surface area (Å²) in [7, 11) is 0. The van der Waals surface area contributed by atoms with Crippen molar-refractivity contribution in [1.82, 2.24) is 15.5 Å². The quantitative estimate of drug-likeness (QED) is 0.721. The second-order valence-electron chi connectivity index (χ2n) is 4.46. The molecule has 1 heterocycles. The number of hydrogen-bond donors (Lipinski definition) is 3. The number of aromatic amines is 1. The van der Waals surface area contributed by atoms with Gasteiger partial charge in [0.2, 0.25) is 0 Å². The molecule has 6 heteroatoms. The molecule has 1 aliphatic rings. The topological polar surface area (TPSA) is 95.1 Å². The van der Waals surface area contributed by atoms with Gasteiger partial charge in [0.15, 0.2) is 0 Å². The van der Waals surface area contributed by atoms with Crippen molar-refractivity contribution < 1.29 is 14.7 Å². The average molecular weight is 237 g/mol. The first-order valence-electron chi connectivity index (χ1n) is 5.64. The van der Waals surface area contributed by atoms with E-state index in [0.717, 1.165) is 12.8 Å². The van der Waals surface area contributed by atoms with Gasteiger partial charge in [0.05, 0.1) is 17.2 Å². The van der Waals surface area contributed by atoms with E-state index in [1.165, 1.54) is 12.4 Å². The summed E-state index contributed by atoms with van der Waals surface area (Å²) in [5.74, 6) is -1.10. The van der Waals surface area contributed by atoms with Crippen molar-refractivity contribution in [3.05, 3.63) is 18.0 Å². The Morgan fingerprint density at radius 2 is 2.18 bits per heavy atom. The zero-order valence-corrected chi connectivity index (χ0v) is 9.40. The number of carbonyl (C=O) groups excluding carboxylic acids is 1. The number of carbonyl (C=O) groups is 2. The van der Waals surface area contributed by atoms with Crippen LogP contribution >= 0.6 is 0 Å². The van der Waals surface area contributed by atoms with Crippen LogP contribution in [-0.4, -0.2) is 33.7 Å². The zero-order valence-electron chi connectivity index (χ0n) is 9.40. The molecule has 0 spiro atoms. The van der Waals surface area contributed by atoms with Crippen LogP contribution in [0.1, 0.15) is 36.0 Å². The molecule has 0 saturated heterocycles. The number of carboxylic acids is 1. The fourth-order valence-electron chi connectivity index (χ4n) is 2.24. The van der Waals surface area contributed by atoms with Crippen molar-refractivity contribution in [3.63, 3.8) is 0 Å². The Kier molecular flexibility index (Phi) is 3.12. The van der Waals surface area contributed by atoms with Gasteiger partial charge in [-0.1, -0.05) is 12.8 Å². The highest BCUT2D eigenvalue weighted by Gasteiger charge is 2.41. The van der Waals surface area contributed by atoms with E-state index < -0.39 is 11.4 Å². The number of rotatable bonds is 4. The molecule has 3 N–H and O–H groups in total. The first kappa shape index (κ1) is 11.6. The summed E-state index contributed by atoms with van der Waals surface area (Å²) >= 11 is 0. The van der Waals surface area contributed by atoms with Crippen LogP contribution in [0.25, 0.3) is 0 Å². The molecule has 0 aromatic carbocycles. The van der Waals surface area contributed by atoms with Crippen LogP contribution in [0.5, 0.6) is 0 Å². The smallest absolute Gasteiger partial charge is 0.311 e. The van der Waals surface area contributed by atoms with Crippen LogP contribution in [0.15, 0.2) is 12.4 Å². The fourth-order valence-corrected chi connectivity index (χ4v) is 2.24. The average Bonchev–Trinajstić information content (AvgIpc) is 2.97. The number of hydrogen-bond acceptors (Lipinski definition) is 3. The molecular weight excluding hydrogens is 222 g/mol. The molecule has 1 amide bonds. The lowest BCUT2D eigenvalue weighted by molar-refractivity contribution is -0.148. The van der Waals surface area contributed by atoms with Crippen LogP contribution in [0.3, 0.4) is 0 Å². The Hall–Kier alpha value is -1.85. The van der Waals surface area contributed by atoms with Crippen molar-refractivity contribution in [2.75, 3.05) is 6.54 Å². The number of amides is 1. The maximum atomic E-state index is 11.7. The molecule has 0 unspecified atom stereocenters.